The van der Waals surface area contributed by atoms with E-state index in [1.807, 2.05) is 79.7 Å². The Kier molecular flexibility index (Phi) is 8.75. The lowest BCUT2D eigenvalue weighted by molar-refractivity contribution is -0.136. The van der Waals surface area contributed by atoms with E-state index in [-0.39, 0.29) is 5.56 Å². The molecular formula is C30H23Br2ClN2O4S. The van der Waals surface area contributed by atoms with Gasteiger partial charge < -0.3 is 9.47 Å². The van der Waals surface area contributed by atoms with Crippen LogP contribution in [0.1, 0.15) is 36.1 Å². The molecule has 0 saturated carbocycles. The van der Waals surface area contributed by atoms with Crippen LogP contribution in [0.25, 0.3) is 6.08 Å². The number of fused-ring (bicyclic) bond motifs is 1. The van der Waals surface area contributed by atoms with E-state index in [9.17, 15) is 9.59 Å². The van der Waals surface area contributed by atoms with Crippen LogP contribution in [-0.2, 0) is 16.1 Å². The second-order valence-corrected chi connectivity index (χ2v) is 12.1. The highest BCUT2D eigenvalue weighted by Gasteiger charge is 2.33. The Morgan fingerprint density at radius 3 is 2.40 bits per heavy atom. The van der Waals surface area contributed by atoms with E-state index in [4.69, 9.17) is 26.1 Å². The Bertz CT molecular complexity index is 1780. The molecule has 1 aliphatic heterocycles. The number of halogens is 3. The summed E-state index contributed by atoms with van der Waals surface area (Å²) in [6.07, 6.45) is 2.34. The van der Waals surface area contributed by atoms with E-state index in [0.29, 0.717) is 44.4 Å². The molecule has 204 valence electrons. The topological polar surface area (TPSA) is 69.9 Å². The normalized spacial score (nSPS) is 15.0. The number of allylic oxidation sites excluding steroid dienone is 1. The molecule has 1 atom stereocenters. The summed E-state index contributed by atoms with van der Waals surface area (Å²) in [4.78, 5) is 32.0. The number of thiazole rings is 1. The smallest absolute Gasteiger partial charge is 0.338 e. The number of esters is 1. The molecule has 0 spiro atoms. The van der Waals surface area contributed by atoms with Gasteiger partial charge in [0.05, 0.1) is 37.9 Å². The molecule has 3 aromatic carbocycles. The molecule has 0 aliphatic carbocycles. The molecule has 0 N–H and O–H groups in total. The minimum atomic E-state index is -0.635. The van der Waals surface area contributed by atoms with E-state index in [1.54, 1.807) is 4.57 Å². The minimum Gasteiger partial charge on any atom is -0.487 e. The number of benzene rings is 3. The van der Waals surface area contributed by atoms with Crippen molar-refractivity contribution < 1.29 is 14.3 Å². The lowest BCUT2D eigenvalue weighted by atomic mass is 9.95. The lowest BCUT2D eigenvalue weighted by Gasteiger charge is -2.25. The summed E-state index contributed by atoms with van der Waals surface area (Å²) in [5.74, 6) is 0.152. The van der Waals surface area contributed by atoms with Gasteiger partial charge in [-0.05, 0) is 85.3 Å². The number of aromatic nitrogens is 1. The van der Waals surface area contributed by atoms with E-state index >= 15 is 0 Å². The average molecular weight is 703 g/mol. The van der Waals surface area contributed by atoms with Crippen LogP contribution >= 0.6 is 54.8 Å². The zero-order valence-electron chi connectivity index (χ0n) is 21.5. The molecule has 1 aliphatic rings. The van der Waals surface area contributed by atoms with Crippen molar-refractivity contribution in [3.05, 3.63) is 128 Å². The Hall–Kier alpha value is -2.98. The minimum absolute atomic E-state index is 0.232. The molecule has 40 heavy (non-hydrogen) atoms. The lowest BCUT2D eigenvalue weighted by Crippen LogP contribution is -2.40. The number of carbonyl (C=O) groups excluding carboxylic acids is 1. The first-order valence-electron chi connectivity index (χ1n) is 12.3. The highest BCUT2D eigenvalue weighted by Crippen LogP contribution is 2.36. The fraction of sp³-hybridized carbons (Fsp3) is 0.167. The zero-order chi connectivity index (χ0) is 28.4. The van der Waals surface area contributed by atoms with Crippen LogP contribution < -0.4 is 19.6 Å². The van der Waals surface area contributed by atoms with Crippen LogP contribution in [0.5, 0.6) is 5.75 Å². The predicted molar refractivity (Wildman–Crippen MR) is 164 cm³/mol. The molecule has 0 bridgehead atoms. The highest BCUT2D eigenvalue weighted by molar-refractivity contribution is 9.11. The molecule has 10 heteroatoms. The van der Waals surface area contributed by atoms with E-state index in [1.165, 1.54) is 18.4 Å². The standard InChI is InChI=1S/C30H23Br2ClN2O4S/c1-3-23-25(29(37)38-2)26(19-7-5-4-6-8-19)35-28(36)24(40-30(35)34-23)15-18-13-21(31)27(22(32)14-18)39-16-17-9-11-20(33)12-10-17/h4-15,26H,3,16H2,1-2H3/b24-15-/t26-/m0/s1. The molecule has 6 nitrogen and oxygen atoms in total. The second-order valence-electron chi connectivity index (χ2n) is 8.93. The number of rotatable bonds is 7. The molecule has 0 radical (unpaired) electrons. The summed E-state index contributed by atoms with van der Waals surface area (Å²) in [5.41, 5.74) is 3.35. The maximum absolute atomic E-state index is 13.8. The van der Waals surface area contributed by atoms with E-state index < -0.39 is 12.0 Å². The van der Waals surface area contributed by atoms with Gasteiger partial charge in [0, 0.05) is 5.02 Å². The third-order valence-electron chi connectivity index (χ3n) is 6.38. The van der Waals surface area contributed by atoms with Gasteiger partial charge in [-0.15, -0.1) is 0 Å². The largest absolute Gasteiger partial charge is 0.487 e. The molecule has 4 aromatic rings. The van der Waals surface area contributed by atoms with Gasteiger partial charge in [-0.3, -0.25) is 9.36 Å². The Labute approximate surface area is 256 Å². The van der Waals surface area contributed by atoms with Gasteiger partial charge in [0.1, 0.15) is 12.4 Å². The SMILES string of the molecule is CCC1=C(C(=O)OC)[C@H](c2ccccc2)n2c(s/c(=C\c3cc(Br)c(OCc4ccc(Cl)cc4)c(Br)c3)c2=O)=N1. The summed E-state index contributed by atoms with van der Waals surface area (Å²) in [6.45, 7) is 2.30. The van der Waals surface area contributed by atoms with Crippen LogP contribution in [0.2, 0.25) is 5.02 Å². The molecular weight excluding hydrogens is 680 g/mol. The first kappa shape index (κ1) is 28.5. The van der Waals surface area contributed by atoms with Crippen molar-refractivity contribution in [2.75, 3.05) is 7.11 Å². The second kappa shape index (κ2) is 12.3. The van der Waals surface area contributed by atoms with Crippen molar-refractivity contribution >= 4 is 66.8 Å². The summed E-state index contributed by atoms with van der Waals surface area (Å²) in [6, 6.07) is 20.1. The zero-order valence-corrected chi connectivity index (χ0v) is 26.2. The van der Waals surface area contributed by atoms with Crippen LogP contribution in [-0.4, -0.2) is 17.6 Å². The summed E-state index contributed by atoms with van der Waals surface area (Å²) >= 11 is 14.5. The monoisotopic (exact) mass is 700 g/mol. The molecule has 2 heterocycles. The van der Waals surface area contributed by atoms with Gasteiger partial charge in [-0.2, -0.15) is 0 Å². The van der Waals surface area contributed by atoms with Gasteiger partial charge in [-0.1, -0.05) is 72.3 Å². The maximum Gasteiger partial charge on any atom is 0.338 e. The van der Waals surface area contributed by atoms with Gasteiger partial charge in [-0.25, -0.2) is 9.79 Å². The maximum atomic E-state index is 13.8. The Morgan fingerprint density at radius 2 is 1.77 bits per heavy atom. The van der Waals surface area contributed by atoms with Gasteiger partial charge in [0.15, 0.2) is 4.80 Å². The van der Waals surface area contributed by atoms with E-state index in [2.05, 4.69) is 31.9 Å². The highest BCUT2D eigenvalue weighted by atomic mass is 79.9. The quantitative estimate of drug-likeness (QED) is 0.205. The molecule has 5 rings (SSSR count). The van der Waals surface area contributed by atoms with E-state index in [0.717, 1.165) is 25.6 Å². The predicted octanol–water partition coefficient (Wildman–Crippen LogP) is 6.56. The van der Waals surface area contributed by atoms with Gasteiger partial charge >= 0.3 is 5.97 Å². The molecule has 0 amide bonds. The first-order valence-corrected chi connectivity index (χ1v) is 15.1. The van der Waals surface area contributed by atoms with Crippen molar-refractivity contribution in [3.63, 3.8) is 0 Å². The van der Waals surface area contributed by atoms with Crippen molar-refractivity contribution in [1.29, 1.82) is 0 Å². The fourth-order valence-electron chi connectivity index (χ4n) is 4.50. The number of hydrogen-bond acceptors (Lipinski definition) is 6. The molecule has 0 fully saturated rings. The number of nitrogens with zero attached hydrogens (tertiary/aromatic N) is 2. The molecule has 0 saturated heterocycles. The van der Waals surface area contributed by atoms with Crippen molar-refractivity contribution in [3.8, 4) is 5.75 Å². The van der Waals surface area contributed by atoms with Crippen LogP contribution in [0.4, 0.5) is 0 Å². The average Bonchev–Trinajstić information content (AvgIpc) is 3.26. The summed E-state index contributed by atoms with van der Waals surface area (Å²) < 4.78 is 14.7. The van der Waals surface area contributed by atoms with Crippen molar-refractivity contribution in [2.45, 2.75) is 26.0 Å². The van der Waals surface area contributed by atoms with Gasteiger partial charge in [0.25, 0.3) is 5.56 Å². The third-order valence-corrected chi connectivity index (χ3v) is 8.79. The van der Waals surface area contributed by atoms with Crippen LogP contribution in [0.3, 0.4) is 0 Å². The van der Waals surface area contributed by atoms with Gasteiger partial charge in [0.2, 0.25) is 0 Å². The first-order chi connectivity index (χ1) is 19.3. The third kappa shape index (κ3) is 5.74. The van der Waals surface area contributed by atoms with Crippen LogP contribution in [0.15, 0.2) is 96.7 Å². The number of ether oxygens (including phenoxy) is 2. The number of hydrogen-bond donors (Lipinski definition) is 0. The fourth-order valence-corrected chi connectivity index (χ4v) is 7.10. The van der Waals surface area contributed by atoms with Crippen molar-refractivity contribution in [1.82, 2.24) is 4.57 Å². The van der Waals surface area contributed by atoms with Crippen molar-refractivity contribution in [2.24, 2.45) is 4.99 Å². The number of methoxy groups -OCH3 is 1. The van der Waals surface area contributed by atoms with Crippen LogP contribution in [0, 0.1) is 0 Å². The molecule has 1 aromatic heterocycles. The summed E-state index contributed by atoms with van der Waals surface area (Å²) in [7, 11) is 1.34. The summed E-state index contributed by atoms with van der Waals surface area (Å²) in [5, 5.41) is 0.670. The Morgan fingerprint density at radius 1 is 1.10 bits per heavy atom. The number of carbonyl (C=O) groups is 1. The molecule has 0 unspecified atom stereocenters. The Balaban J connectivity index is 1.56.